The van der Waals surface area contributed by atoms with Crippen LogP contribution in [0, 0.1) is 0 Å². The second-order valence-corrected chi connectivity index (χ2v) is 8.37. The zero-order chi connectivity index (χ0) is 24.1. The number of nitrogens with one attached hydrogen (secondary N) is 2. The molecule has 0 aromatic heterocycles. The molecule has 2 aromatic carbocycles. The first-order valence-corrected chi connectivity index (χ1v) is 11.5. The number of amides is 3. The summed E-state index contributed by atoms with van der Waals surface area (Å²) in [6.07, 6.45) is 1.61. The fraction of sp³-hybridized carbons (Fsp3) is 0.346. The summed E-state index contributed by atoms with van der Waals surface area (Å²) in [4.78, 5) is 39.6. The molecule has 0 spiro atoms. The van der Waals surface area contributed by atoms with Crippen molar-refractivity contribution in [2.75, 3.05) is 19.8 Å². The van der Waals surface area contributed by atoms with E-state index in [1.165, 1.54) is 10.5 Å². The van der Waals surface area contributed by atoms with Crippen LogP contribution >= 0.6 is 0 Å². The highest BCUT2D eigenvalue weighted by Crippen LogP contribution is 2.38. The van der Waals surface area contributed by atoms with Gasteiger partial charge < -0.3 is 20.1 Å². The van der Waals surface area contributed by atoms with E-state index in [1.807, 2.05) is 50.2 Å². The van der Waals surface area contributed by atoms with Crippen molar-refractivity contribution in [3.05, 3.63) is 77.0 Å². The van der Waals surface area contributed by atoms with Crippen molar-refractivity contribution < 1.29 is 23.9 Å². The number of hydrogen-bond acceptors (Lipinski definition) is 5. The SMILES string of the molecule is CCOc1ccccc1[C@H]1NC(=O)N(CC(=O)N[C@H](C)CCc2ccccc2)C2=C1C(=O)OC2. The maximum atomic E-state index is 13.0. The smallest absolute Gasteiger partial charge is 0.338 e. The van der Waals surface area contributed by atoms with Gasteiger partial charge in [0.05, 0.1) is 23.9 Å². The Kier molecular flexibility index (Phi) is 7.15. The Morgan fingerprint density at radius 2 is 1.91 bits per heavy atom. The molecule has 0 saturated carbocycles. The molecule has 2 N–H and O–H groups in total. The van der Waals surface area contributed by atoms with Gasteiger partial charge in [0.25, 0.3) is 0 Å². The summed E-state index contributed by atoms with van der Waals surface area (Å²) in [5.74, 6) is -0.219. The number of nitrogens with zero attached hydrogens (tertiary/aromatic N) is 1. The highest BCUT2D eigenvalue weighted by Gasteiger charge is 2.43. The summed E-state index contributed by atoms with van der Waals surface area (Å²) in [6, 6.07) is 16.1. The summed E-state index contributed by atoms with van der Waals surface area (Å²) >= 11 is 0. The van der Waals surface area contributed by atoms with Crippen molar-refractivity contribution in [3.63, 3.8) is 0 Å². The van der Waals surface area contributed by atoms with Gasteiger partial charge in [0, 0.05) is 11.6 Å². The number of urea groups is 1. The lowest BCUT2D eigenvalue weighted by Gasteiger charge is -2.33. The Balaban J connectivity index is 1.47. The van der Waals surface area contributed by atoms with Gasteiger partial charge >= 0.3 is 12.0 Å². The minimum atomic E-state index is -0.704. The quantitative estimate of drug-likeness (QED) is 0.557. The van der Waals surface area contributed by atoms with Crippen molar-refractivity contribution in [1.29, 1.82) is 0 Å². The maximum absolute atomic E-state index is 13.0. The second kappa shape index (κ2) is 10.4. The van der Waals surface area contributed by atoms with E-state index in [-0.39, 0.29) is 25.1 Å². The molecule has 8 heteroatoms. The van der Waals surface area contributed by atoms with Crippen molar-refractivity contribution in [2.45, 2.75) is 38.8 Å². The average Bonchev–Trinajstić information content (AvgIpc) is 3.22. The van der Waals surface area contributed by atoms with Gasteiger partial charge in [-0.1, -0.05) is 48.5 Å². The number of hydrogen-bond donors (Lipinski definition) is 2. The normalized spacial score (nSPS) is 18.2. The molecule has 4 rings (SSSR count). The number of carbonyl (C=O) groups excluding carboxylic acids is 3. The molecule has 2 atom stereocenters. The molecule has 0 radical (unpaired) electrons. The molecule has 3 amide bonds. The number of para-hydroxylation sites is 1. The topological polar surface area (TPSA) is 97.0 Å². The van der Waals surface area contributed by atoms with E-state index in [1.54, 1.807) is 6.07 Å². The van der Waals surface area contributed by atoms with E-state index >= 15 is 0 Å². The molecular weight excluding hydrogens is 434 g/mol. The summed E-state index contributed by atoms with van der Waals surface area (Å²) < 4.78 is 11.0. The van der Waals surface area contributed by atoms with Gasteiger partial charge in [-0.3, -0.25) is 9.69 Å². The summed E-state index contributed by atoms with van der Waals surface area (Å²) in [6.45, 7) is 4.00. The number of cyclic esters (lactones) is 1. The summed E-state index contributed by atoms with van der Waals surface area (Å²) in [7, 11) is 0. The van der Waals surface area contributed by atoms with Gasteiger partial charge in [0.15, 0.2) is 0 Å². The molecule has 0 aliphatic carbocycles. The molecule has 2 aliphatic heterocycles. The Hall–Kier alpha value is -3.81. The van der Waals surface area contributed by atoms with E-state index in [2.05, 4.69) is 22.8 Å². The Morgan fingerprint density at radius 3 is 2.68 bits per heavy atom. The van der Waals surface area contributed by atoms with E-state index < -0.39 is 18.0 Å². The zero-order valence-corrected chi connectivity index (χ0v) is 19.4. The fourth-order valence-electron chi connectivity index (χ4n) is 4.28. The fourth-order valence-corrected chi connectivity index (χ4v) is 4.28. The van der Waals surface area contributed by atoms with E-state index in [9.17, 15) is 14.4 Å². The molecule has 34 heavy (non-hydrogen) atoms. The number of aryl methyl sites for hydroxylation is 1. The van der Waals surface area contributed by atoms with Gasteiger partial charge in [-0.15, -0.1) is 0 Å². The van der Waals surface area contributed by atoms with Crippen LogP contribution in [0.5, 0.6) is 5.75 Å². The molecule has 178 valence electrons. The van der Waals surface area contributed by atoms with Crippen LogP contribution in [0.3, 0.4) is 0 Å². The first-order chi connectivity index (χ1) is 16.5. The van der Waals surface area contributed by atoms with Gasteiger partial charge in [-0.25, -0.2) is 9.59 Å². The minimum Gasteiger partial charge on any atom is -0.494 e. The maximum Gasteiger partial charge on any atom is 0.338 e. The van der Waals surface area contributed by atoms with Crippen molar-refractivity contribution in [2.24, 2.45) is 0 Å². The lowest BCUT2D eigenvalue weighted by molar-refractivity contribution is -0.136. The van der Waals surface area contributed by atoms with Gasteiger partial charge in [-0.05, 0) is 38.3 Å². The first-order valence-electron chi connectivity index (χ1n) is 11.5. The molecule has 0 fully saturated rings. The summed E-state index contributed by atoms with van der Waals surface area (Å²) in [5.41, 5.74) is 2.62. The van der Waals surface area contributed by atoms with Crippen LogP contribution in [0.1, 0.15) is 37.4 Å². The Labute approximate surface area is 198 Å². The Morgan fingerprint density at radius 1 is 1.18 bits per heavy atom. The molecular formula is C26H29N3O5. The second-order valence-electron chi connectivity index (χ2n) is 8.37. The number of benzene rings is 2. The molecule has 2 heterocycles. The van der Waals surface area contributed by atoms with Crippen LogP contribution in [0.4, 0.5) is 4.79 Å². The predicted octanol–water partition coefficient (Wildman–Crippen LogP) is 3.10. The Bertz CT molecular complexity index is 1100. The molecule has 2 aromatic rings. The third-order valence-corrected chi connectivity index (χ3v) is 5.95. The molecule has 8 nitrogen and oxygen atoms in total. The average molecular weight is 464 g/mol. The van der Waals surface area contributed by atoms with Crippen molar-refractivity contribution in [3.8, 4) is 5.75 Å². The number of rotatable bonds is 9. The zero-order valence-electron chi connectivity index (χ0n) is 19.4. The predicted molar refractivity (Wildman–Crippen MR) is 126 cm³/mol. The van der Waals surface area contributed by atoms with E-state index in [0.29, 0.717) is 29.2 Å². The third kappa shape index (κ3) is 5.06. The highest BCUT2D eigenvalue weighted by atomic mass is 16.5. The monoisotopic (exact) mass is 463 g/mol. The molecule has 0 bridgehead atoms. The third-order valence-electron chi connectivity index (χ3n) is 5.95. The molecule has 0 saturated heterocycles. The van der Waals surface area contributed by atoms with Crippen molar-refractivity contribution >= 4 is 17.9 Å². The standard InChI is InChI=1S/C26H29N3O5/c1-3-33-21-12-8-7-11-19(21)24-23-20(16-34-25(23)31)29(26(32)28-24)15-22(30)27-17(2)13-14-18-9-5-4-6-10-18/h4-12,17,24H,3,13-16H2,1-2H3,(H,27,30)(H,28,32)/t17-,24-/m1/s1. The molecule has 0 unspecified atom stereocenters. The van der Waals surface area contributed by atoms with E-state index in [4.69, 9.17) is 9.47 Å². The lowest BCUT2D eigenvalue weighted by atomic mass is 9.95. The van der Waals surface area contributed by atoms with Gasteiger partial charge in [0.2, 0.25) is 5.91 Å². The van der Waals surface area contributed by atoms with Crippen LogP contribution in [0.25, 0.3) is 0 Å². The highest BCUT2D eigenvalue weighted by molar-refractivity contribution is 5.98. The van der Waals surface area contributed by atoms with Crippen molar-refractivity contribution in [1.82, 2.24) is 15.5 Å². The van der Waals surface area contributed by atoms with E-state index in [0.717, 1.165) is 12.8 Å². The largest absolute Gasteiger partial charge is 0.494 e. The van der Waals surface area contributed by atoms with Gasteiger partial charge in [-0.2, -0.15) is 0 Å². The van der Waals surface area contributed by atoms with Crippen LogP contribution in [-0.2, 0) is 20.7 Å². The summed E-state index contributed by atoms with van der Waals surface area (Å²) in [5, 5.41) is 5.81. The van der Waals surface area contributed by atoms with Crippen LogP contribution in [-0.4, -0.2) is 48.6 Å². The van der Waals surface area contributed by atoms with Gasteiger partial charge in [0.1, 0.15) is 18.9 Å². The van der Waals surface area contributed by atoms with Crippen LogP contribution in [0.2, 0.25) is 0 Å². The van der Waals surface area contributed by atoms with Crippen LogP contribution in [0.15, 0.2) is 65.9 Å². The first kappa shape index (κ1) is 23.4. The number of carbonyl (C=O) groups is 3. The minimum absolute atomic E-state index is 0.0499. The molecule has 2 aliphatic rings. The lowest BCUT2D eigenvalue weighted by Crippen LogP contribution is -2.51. The number of esters is 1. The van der Waals surface area contributed by atoms with Crippen LogP contribution < -0.4 is 15.4 Å². The number of ether oxygens (including phenoxy) is 2.